The number of aliphatic hydroxyl groups excluding tert-OH is 1. The van der Waals surface area contributed by atoms with E-state index in [9.17, 15) is 27.1 Å². The smallest absolute Gasteiger partial charge is 0.217 e. The van der Waals surface area contributed by atoms with E-state index in [1.807, 2.05) is 18.2 Å². The monoisotopic (exact) mass is 480 g/mol. The van der Waals surface area contributed by atoms with Gasteiger partial charge >= 0.3 is 0 Å². The summed E-state index contributed by atoms with van der Waals surface area (Å²) in [5.74, 6) is -1.75. The van der Waals surface area contributed by atoms with Gasteiger partial charge in [-0.15, -0.1) is 0 Å². The van der Waals surface area contributed by atoms with Crippen molar-refractivity contribution in [2.24, 2.45) is 0 Å². The third-order valence-corrected chi connectivity index (χ3v) is 7.40. The third kappa shape index (κ3) is 6.82. The lowest BCUT2D eigenvalue weighted by atomic mass is 9.94. The molecule has 3 rings (SSSR count). The second-order valence-corrected chi connectivity index (χ2v) is 11.1. The molecule has 0 saturated carbocycles. The first-order valence-corrected chi connectivity index (χ1v) is 12.7. The molecular weight excluding hydrogens is 450 g/mol. The van der Waals surface area contributed by atoms with Crippen molar-refractivity contribution in [3.8, 4) is 0 Å². The fourth-order valence-corrected chi connectivity index (χ4v) is 5.83. The summed E-state index contributed by atoms with van der Waals surface area (Å²) < 4.78 is 52.0. The Bertz CT molecular complexity index is 1100. The summed E-state index contributed by atoms with van der Waals surface area (Å²) in [5, 5.41) is 16.6. The molecule has 0 spiro atoms. The maximum atomic E-state index is 13.6. The van der Waals surface area contributed by atoms with Crippen LogP contribution >= 0.6 is 0 Å². The van der Waals surface area contributed by atoms with Crippen LogP contribution in [0.25, 0.3) is 0 Å². The van der Waals surface area contributed by atoms with Gasteiger partial charge in [-0.25, -0.2) is 17.2 Å². The number of fused-ring (bicyclic) bond motifs is 1. The zero-order valence-corrected chi connectivity index (χ0v) is 19.8. The standard InChI is InChI=1S/C24H30F2N2O4S/c1-14(2)17-4-5-18-12-33(31,32)13-23(21(18)9-17)27-11-24(30)22(28-15(3)29)8-16-6-19(25)10-20(26)7-16/h4-7,9-10,14,22-24,27,30H,8,11-13H2,1-3H3,(H,28,29)/t22-,23+,24+/m0/s1. The van der Waals surface area contributed by atoms with Crippen molar-refractivity contribution in [2.45, 2.75) is 57.1 Å². The van der Waals surface area contributed by atoms with Crippen LogP contribution in [-0.2, 0) is 26.8 Å². The highest BCUT2D eigenvalue weighted by molar-refractivity contribution is 7.90. The summed E-state index contributed by atoms with van der Waals surface area (Å²) in [5.41, 5.74) is 2.99. The van der Waals surface area contributed by atoms with Crippen molar-refractivity contribution >= 4 is 15.7 Å². The molecule has 1 amide bonds. The van der Waals surface area contributed by atoms with Crippen LogP contribution < -0.4 is 10.6 Å². The molecule has 2 aromatic carbocycles. The van der Waals surface area contributed by atoms with Gasteiger partial charge in [0.15, 0.2) is 9.84 Å². The van der Waals surface area contributed by atoms with E-state index in [-0.39, 0.29) is 36.0 Å². The summed E-state index contributed by atoms with van der Waals surface area (Å²) in [6.07, 6.45) is -1.12. The quantitative estimate of drug-likeness (QED) is 0.540. The summed E-state index contributed by atoms with van der Waals surface area (Å²) in [4.78, 5) is 11.7. The Morgan fingerprint density at radius 3 is 2.42 bits per heavy atom. The number of halogens is 2. The van der Waals surface area contributed by atoms with Crippen molar-refractivity contribution in [1.29, 1.82) is 0 Å². The first-order chi connectivity index (χ1) is 15.4. The number of amides is 1. The molecule has 0 radical (unpaired) electrons. The van der Waals surface area contributed by atoms with Gasteiger partial charge in [-0.1, -0.05) is 32.0 Å². The van der Waals surface area contributed by atoms with Crippen LogP contribution in [0.3, 0.4) is 0 Å². The number of carbonyl (C=O) groups excluding carboxylic acids is 1. The van der Waals surface area contributed by atoms with Crippen molar-refractivity contribution in [3.05, 3.63) is 70.3 Å². The molecule has 0 bridgehead atoms. The zero-order chi connectivity index (χ0) is 24.3. The summed E-state index contributed by atoms with van der Waals surface area (Å²) in [6, 6.07) is 7.48. The van der Waals surface area contributed by atoms with Crippen molar-refractivity contribution < 1.29 is 27.1 Å². The van der Waals surface area contributed by atoms with Crippen molar-refractivity contribution in [3.63, 3.8) is 0 Å². The lowest BCUT2D eigenvalue weighted by Gasteiger charge is -2.30. The van der Waals surface area contributed by atoms with Gasteiger partial charge < -0.3 is 15.7 Å². The predicted octanol–water partition coefficient (Wildman–Crippen LogP) is 2.76. The van der Waals surface area contributed by atoms with E-state index in [1.165, 1.54) is 6.92 Å². The molecule has 180 valence electrons. The number of sulfone groups is 1. The number of rotatable bonds is 8. The molecule has 1 aliphatic heterocycles. The van der Waals surface area contributed by atoms with Gasteiger partial charge in [-0.05, 0) is 46.7 Å². The average molecular weight is 481 g/mol. The van der Waals surface area contributed by atoms with Crippen molar-refractivity contribution in [2.75, 3.05) is 12.3 Å². The number of hydrogen-bond acceptors (Lipinski definition) is 5. The molecule has 0 fully saturated rings. The average Bonchev–Trinajstić information content (AvgIpc) is 2.69. The second kappa shape index (κ2) is 10.3. The number of hydrogen-bond donors (Lipinski definition) is 3. The highest BCUT2D eigenvalue weighted by atomic mass is 32.2. The molecule has 0 aliphatic carbocycles. The Balaban J connectivity index is 1.78. The summed E-state index contributed by atoms with van der Waals surface area (Å²) in [7, 11) is -3.32. The molecule has 0 unspecified atom stereocenters. The summed E-state index contributed by atoms with van der Waals surface area (Å²) >= 11 is 0. The lowest BCUT2D eigenvalue weighted by Crippen LogP contribution is -2.49. The van der Waals surface area contributed by atoms with E-state index in [2.05, 4.69) is 24.5 Å². The minimum atomic E-state index is -3.32. The van der Waals surface area contributed by atoms with Crippen LogP contribution in [0.1, 0.15) is 55.0 Å². The molecule has 3 N–H and O–H groups in total. The van der Waals surface area contributed by atoms with Gasteiger partial charge in [0.1, 0.15) is 11.6 Å². The molecule has 0 saturated heterocycles. The molecule has 0 aromatic heterocycles. The molecule has 33 heavy (non-hydrogen) atoms. The largest absolute Gasteiger partial charge is 0.390 e. The Hall–Kier alpha value is -2.36. The minimum absolute atomic E-state index is 0.00809. The molecule has 2 aromatic rings. The first kappa shape index (κ1) is 25.3. The maximum Gasteiger partial charge on any atom is 0.217 e. The van der Waals surface area contributed by atoms with Gasteiger partial charge in [-0.3, -0.25) is 4.79 Å². The Morgan fingerprint density at radius 1 is 1.15 bits per heavy atom. The first-order valence-electron chi connectivity index (χ1n) is 10.9. The SMILES string of the molecule is CC(=O)N[C@@H](Cc1cc(F)cc(F)c1)[C@H](O)CN[C@@H]1CS(=O)(=O)Cc2ccc(C(C)C)cc21. The molecule has 1 aliphatic rings. The molecule has 3 atom stereocenters. The van der Waals surface area contributed by atoms with Crippen LogP contribution in [0, 0.1) is 11.6 Å². The fraction of sp³-hybridized carbons (Fsp3) is 0.458. The Kier molecular flexibility index (Phi) is 7.87. The second-order valence-electron chi connectivity index (χ2n) is 8.98. The molecule has 6 nitrogen and oxygen atoms in total. The van der Waals surface area contributed by atoms with Gasteiger partial charge in [-0.2, -0.15) is 0 Å². The number of carbonyl (C=O) groups is 1. The summed E-state index contributed by atoms with van der Waals surface area (Å²) in [6.45, 7) is 5.38. The predicted molar refractivity (Wildman–Crippen MR) is 122 cm³/mol. The van der Waals surface area contributed by atoms with Crippen LogP contribution in [-0.4, -0.2) is 43.9 Å². The van der Waals surface area contributed by atoms with E-state index in [0.717, 1.165) is 34.9 Å². The van der Waals surface area contributed by atoms with Gasteiger partial charge in [0.25, 0.3) is 0 Å². The Morgan fingerprint density at radius 2 is 1.82 bits per heavy atom. The van der Waals surface area contributed by atoms with Crippen LogP contribution in [0.5, 0.6) is 0 Å². The van der Waals surface area contributed by atoms with E-state index < -0.39 is 45.6 Å². The van der Waals surface area contributed by atoms with Gasteiger partial charge in [0.05, 0.1) is 23.7 Å². The number of nitrogens with one attached hydrogen (secondary N) is 2. The highest BCUT2D eigenvalue weighted by Crippen LogP contribution is 2.31. The van der Waals surface area contributed by atoms with Crippen LogP contribution in [0.2, 0.25) is 0 Å². The van der Waals surface area contributed by atoms with Crippen molar-refractivity contribution in [1.82, 2.24) is 10.6 Å². The lowest BCUT2D eigenvalue weighted by molar-refractivity contribution is -0.120. The topological polar surface area (TPSA) is 95.5 Å². The normalized spacial score (nSPS) is 19.1. The van der Waals surface area contributed by atoms with Gasteiger partial charge in [0, 0.05) is 25.6 Å². The van der Waals surface area contributed by atoms with E-state index in [1.54, 1.807) is 0 Å². The van der Waals surface area contributed by atoms with Crippen LogP contribution in [0.15, 0.2) is 36.4 Å². The molecule has 1 heterocycles. The highest BCUT2D eigenvalue weighted by Gasteiger charge is 2.31. The minimum Gasteiger partial charge on any atom is -0.390 e. The third-order valence-electron chi connectivity index (χ3n) is 5.81. The number of benzene rings is 2. The fourth-order valence-electron chi connectivity index (χ4n) is 4.17. The van der Waals surface area contributed by atoms with E-state index in [4.69, 9.17) is 0 Å². The zero-order valence-electron chi connectivity index (χ0n) is 18.9. The van der Waals surface area contributed by atoms with E-state index in [0.29, 0.717) is 0 Å². The Labute approximate surface area is 193 Å². The van der Waals surface area contributed by atoms with Crippen LogP contribution in [0.4, 0.5) is 8.78 Å². The number of aliphatic hydroxyl groups is 1. The van der Waals surface area contributed by atoms with E-state index >= 15 is 0 Å². The maximum absolute atomic E-state index is 13.6. The molecular formula is C24H30F2N2O4S. The molecule has 9 heteroatoms. The van der Waals surface area contributed by atoms with Gasteiger partial charge in [0.2, 0.25) is 5.91 Å².